The number of piperidine rings is 1. The van der Waals surface area contributed by atoms with Crippen LogP contribution in [-0.2, 0) is 11.3 Å². The van der Waals surface area contributed by atoms with Crippen LogP contribution in [-0.4, -0.2) is 63.8 Å². The van der Waals surface area contributed by atoms with Gasteiger partial charge in [0.25, 0.3) is 11.6 Å². The molecule has 1 unspecified atom stereocenters. The quantitative estimate of drug-likeness (QED) is 0.404. The summed E-state index contributed by atoms with van der Waals surface area (Å²) in [5, 5.41) is 16.8. The Morgan fingerprint density at radius 2 is 2.03 bits per heavy atom. The molecule has 1 aromatic carbocycles. The number of nitrogens with zero attached hydrogens (tertiary/aromatic N) is 3. The Labute approximate surface area is 197 Å². The predicted molar refractivity (Wildman–Crippen MR) is 128 cm³/mol. The molecule has 9 nitrogen and oxygen atoms in total. The standard InChI is InChI=1S/C23H29N5O4S/c1-33-14-10-21(26-22(29)17-5-4-7-20(15-17)28(31)32)23(30)25-18-8-12-27(13-9-18)16-19-6-2-3-11-24-19/h2-7,11,15,18,21H,8-10,12-14,16H2,1H3,(H,25,30)(H,26,29). The lowest BCUT2D eigenvalue weighted by molar-refractivity contribution is -0.384. The normalized spacial score (nSPS) is 15.5. The number of thioether (sulfide) groups is 1. The first-order valence-corrected chi connectivity index (χ1v) is 12.3. The van der Waals surface area contributed by atoms with Gasteiger partial charge in [0.05, 0.1) is 10.6 Å². The predicted octanol–water partition coefficient (Wildman–Crippen LogP) is 2.62. The van der Waals surface area contributed by atoms with Crippen LogP contribution >= 0.6 is 11.8 Å². The second kappa shape index (κ2) is 12.3. The lowest BCUT2D eigenvalue weighted by atomic mass is 10.0. The highest BCUT2D eigenvalue weighted by molar-refractivity contribution is 7.98. The van der Waals surface area contributed by atoms with Crippen LogP contribution < -0.4 is 10.6 Å². The van der Waals surface area contributed by atoms with Gasteiger partial charge in [-0.1, -0.05) is 12.1 Å². The average Bonchev–Trinajstić information content (AvgIpc) is 2.83. The minimum Gasteiger partial charge on any atom is -0.351 e. The minimum atomic E-state index is -0.698. The number of carbonyl (C=O) groups excluding carboxylic acids is 2. The number of carbonyl (C=O) groups is 2. The van der Waals surface area contributed by atoms with E-state index in [1.165, 1.54) is 24.3 Å². The van der Waals surface area contributed by atoms with Gasteiger partial charge in [0.15, 0.2) is 0 Å². The summed E-state index contributed by atoms with van der Waals surface area (Å²) < 4.78 is 0. The van der Waals surface area contributed by atoms with E-state index in [9.17, 15) is 19.7 Å². The first kappa shape index (κ1) is 24.7. The van der Waals surface area contributed by atoms with Crippen molar-refractivity contribution in [2.24, 2.45) is 0 Å². The van der Waals surface area contributed by atoms with Gasteiger partial charge in [0.1, 0.15) is 6.04 Å². The molecule has 1 saturated heterocycles. The van der Waals surface area contributed by atoms with Gasteiger partial charge in [-0.05, 0) is 49.5 Å². The van der Waals surface area contributed by atoms with Gasteiger partial charge < -0.3 is 10.6 Å². The van der Waals surface area contributed by atoms with Crippen LogP contribution in [0.4, 0.5) is 5.69 Å². The number of benzene rings is 1. The molecule has 1 atom stereocenters. The number of nitro groups is 1. The van der Waals surface area contributed by atoms with Crippen molar-refractivity contribution in [1.29, 1.82) is 0 Å². The molecule has 1 aromatic heterocycles. The van der Waals surface area contributed by atoms with Crippen LogP contribution in [0.15, 0.2) is 48.7 Å². The zero-order valence-electron chi connectivity index (χ0n) is 18.6. The molecular formula is C23H29N5O4S. The van der Waals surface area contributed by atoms with Crippen molar-refractivity contribution < 1.29 is 14.5 Å². The number of hydrogen-bond donors (Lipinski definition) is 2. The van der Waals surface area contributed by atoms with Crippen LogP contribution in [0.1, 0.15) is 35.3 Å². The van der Waals surface area contributed by atoms with E-state index in [1.54, 1.807) is 18.0 Å². The SMILES string of the molecule is CSCCC(NC(=O)c1cccc([N+](=O)[O-])c1)C(=O)NC1CCN(Cc2ccccn2)CC1. The number of amides is 2. The Morgan fingerprint density at radius 1 is 1.24 bits per heavy atom. The lowest BCUT2D eigenvalue weighted by Crippen LogP contribution is -2.52. The van der Waals surface area contributed by atoms with E-state index < -0.39 is 16.9 Å². The minimum absolute atomic E-state index is 0.0453. The van der Waals surface area contributed by atoms with Gasteiger partial charge in [-0.25, -0.2) is 0 Å². The van der Waals surface area contributed by atoms with Crippen molar-refractivity contribution in [3.8, 4) is 0 Å². The summed E-state index contributed by atoms with van der Waals surface area (Å²) in [6.07, 6.45) is 5.86. The van der Waals surface area contributed by atoms with Crippen molar-refractivity contribution in [3.05, 3.63) is 70.0 Å². The Morgan fingerprint density at radius 3 is 2.70 bits per heavy atom. The Hall–Kier alpha value is -2.98. The fourth-order valence-electron chi connectivity index (χ4n) is 3.76. The number of pyridine rings is 1. The van der Waals surface area contributed by atoms with Gasteiger partial charge in [0, 0.05) is 49.6 Å². The molecule has 2 aromatic rings. The number of aromatic nitrogens is 1. The summed E-state index contributed by atoms with van der Waals surface area (Å²) in [5.74, 6) is -0.00772. The van der Waals surface area contributed by atoms with Gasteiger partial charge in [-0.15, -0.1) is 0 Å². The molecule has 176 valence electrons. The summed E-state index contributed by atoms with van der Waals surface area (Å²) in [5.41, 5.74) is 1.03. The summed E-state index contributed by atoms with van der Waals surface area (Å²) >= 11 is 1.59. The van der Waals surface area contributed by atoms with E-state index in [-0.39, 0.29) is 23.2 Å². The molecule has 3 rings (SSSR count). The molecule has 0 bridgehead atoms. The monoisotopic (exact) mass is 471 g/mol. The molecule has 0 aliphatic carbocycles. The topological polar surface area (TPSA) is 117 Å². The van der Waals surface area contributed by atoms with Crippen molar-refractivity contribution in [1.82, 2.24) is 20.5 Å². The summed E-state index contributed by atoms with van der Waals surface area (Å²) in [4.78, 5) is 42.8. The first-order valence-electron chi connectivity index (χ1n) is 10.9. The second-order valence-electron chi connectivity index (χ2n) is 8.00. The summed E-state index contributed by atoms with van der Waals surface area (Å²) in [6, 6.07) is 10.7. The number of nitro benzene ring substituents is 1. The van der Waals surface area contributed by atoms with Crippen LogP contribution in [0.25, 0.3) is 0 Å². The highest BCUT2D eigenvalue weighted by atomic mass is 32.2. The molecule has 1 aliphatic heterocycles. The van der Waals surface area contributed by atoms with Crippen LogP contribution in [0.2, 0.25) is 0 Å². The second-order valence-corrected chi connectivity index (χ2v) is 8.98. The smallest absolute Gasteiger partial charge is 0.270 e. The Balaban J connectivity index is 1.54. The molecule has 10 heteroatoms. The van der Waals surface area contributed by atoms with Crippen LogP contribution in [0, 0.1) is 10.1 Å². The first-order chi connectivity index (χ1) is 16.0. The molecule has 0 spiro atoms. The van der Waals surface area contributed by atoms with Crippen LogP contribution in [0.3, 0.4) is 0 Å². The third kappa shape index (κ3) is 7.54. The fourth-order valence-corrected chi connectivity index (χ4v) is 4.24. The molecule has 0 saturated carbocycles. The summed E-state index contributed by atoms with van der Waals surface area (Å²) in [6.45, 7) is 2.51. The highest BCUT2D eigenvalue weighted by Gasteiger charge is 2.26. The lowest BCUT2D eigenvalue weighted by Gasteiger charge is -2.33. The largest absolute Gasteiger partial charge is 0.351 e. The van der Waals surface area contributed by atoms with Gasteiger partial charge >= 0.3 is 0 Å². The third-order valence-corrected chi connectivity index (χ3v) is 6.24. The molecule has 1 aliphatic rings. The van der Waals surface area contributed by atoms with E-state index in [0.717, 1.165) is 38.2 Å². The van der Waals surface area contributed by atoms with Crippen molar-refractivity contribution in [2.45, 2.75) is 37.9 Å². The number of nitrogens with one attached hydrogen (secondary N) is 2. The Bertz CT molecular complexity index is 951. The Kier molecular flexibility index (Phi) is 9.20. The van der Waals surface area contributed by atoms with E-state index >= 15 is 0 Å². The van der Waals surface area contributed by atoms with Gasteiger partial charge in [0.2, 0.25) is 5.91 Å². The molecular weight excluding hydrogens is 442 g/mol. The highest BCUT2D eigenvalue weighted by Crippen LogP contribution is 2.15. The number of rotatable bonds is 10. The van der Waals surface area contributed by atoms with Crippen molar-refractivity contribution >= 4 is 29.3 Å². The van der Waals surface area contributed by atoms with E-state index in [0.29, 0.717) is 12.2 Å². The van der Waals surface area contributed by atoms with Gasteiger partial charge in [-0.2, -0.15) is 11.8 Å². The number of likely N-dealkylation sites (tertiary alicyclic amines) is 1. The maximum absolute atomic E-state index is 13.0. The maximum atomic E-state index is 13.0. The van der Waals surface area contributed by atoms with E-state index in [2.05, 4.69) is 20.5 Å². The zero-order chi connectivity index (χ0) is 23.6. The molecule has 2 N–H and O–H groups in total. The van der Waals surface area contributed by atoms with Crippen molar-refractivity contribution in [3.63, 3.8) is 0 Å². The average molecular weight is 472 g/mol. The van der Waals surface area contributed by atoms with Gasteiger partial charge in [-0.3, -0.25) is 29.6 Å². The summed E-state index contributed by atoms with van der Waals surface area (Å²) in [7, 11) is 0. The number of non-ortho nitro benzene ring substituents is 1. The zero-order valence-corrected chi connectivity index (χ0v) is 19.4. The van der Waals surface area contributed by atoms with Crippen LogP contribution in [0.5, 0.6) is 0 Å². The maximum Gasteiger partial charge on any atom is 0.270 e. The van der Waals surface area contributed by atoms with Crippen molar-refractivity contribution in [2.75, 3.05) is 25.1 Å². The molecule has 0 radical (unpaired) electrons. The fraction of sp³-hybridized carbons (Fsp3) is 0.435. The molecule has 33 heavy (non-hydrogen) atoms. The molecule has 2 heterocycles. The number of hydrogen-bond acceptors (Lipinski definition) is 7. The van der Waals surface area contributed by atoms with E-state index in [4.69, 9.17) is 0 Å². The van der Waals surface area contributed by atoms with E-state index in [1.807, 2.05) is 24.5 Å². The molecule has 1 fully saturated rings. The third-order valence-electron chi connectivity index (χ3n) is 5.60. The molecule has 2 amide bonds.